The fourth-order valence-corrected chi connectivity index (χ4v) is 3.54. The molecule has 108 valence electrons. The number of likely N-dealkylation sites (tertiary alicyclic amines) is 2. The molecule has 3 heterocycles. The van der Waals surface area contributed by atoms with Crippen molar-refractivity contribution in [2.75, 3.05) is 26.7 Å². The van der Waals surface area contributed by atoms with Crippen LogP contribution < -0.4 is 0 Å². The Morgan fingerprint density at radius 1 is 1.25 bits per heavy atom. The van der Waals surface area contributed by atoms with E-state index in [0.717, 1.165) is 25.8 Å². The van der Waals surface area contributed by atoms with E-state index in [1.807, 2.05) is 46.8 Å². The number of hydrogen-bond acceptors (Lipinski definition) is 2. The fourth-order valence-electron chi connectivity index (χ4n) is 3.54. The monoisotopic (exact) mass is 275 g/mol. The summed E-state index contributed by atoms with van der Waals surface area (Å²) in [6.07, 6.45) is 4.62. The molecule has 2 aliphatic rings. The van der Waals surface area contributed by atoms with Gasteiger partial charge in [0.2, 0.25) is 5.91 Å². The molecule has 0 N–H and O–H groups in total. The fraction of sp³-hybridized carbons (Fsp3) is 0.600. The smallest absolute Gasteiger partial charge is 0.270 e. The molecule has 3 rings (SSSR count). The lowest BCUT2D eigenvalue weighted by Gasteiger charge is -2.37. The van der Waals surface area contributed by atoms with Crippen LogP contribution in [-0.2, 0) is 11.8 Å². The first-order valence-electron chi connectivity index (χ1n) is 7.20. The minimum absolute atomic E-state index is 0.0374. The molecule has 20 heavy (non-hydrogen) atoms. The van der Waals surface area contributed by atoms with Crippen LogP contribution in [0, 0.1) is 5.41 Å². The van der Waals surface area contributed by atoms with Crippen molar-refractivity contribution in [1.82, 2.24) is 14.4 Å². The Bertz CT molecular complexity index is 551. The maximum Gasteiger partial charge on any atom is 0.270 e. The van der Waals surface area contributed by atoms with E-state index >= 15 is 0 Å². The third-order valence-corrected chi connectivity index (χ3v) is 4.75. The van der Waals surface area contributed by atoms with Crippen LogP contribution in [0.15, 0.2) is 18.3 Å². The Hall–Kier alpha value is -1.78. The molecule has 5 nitrogen and oxygen atoms in total. The minimum Gasteiger partial charge on any atom is -0.347 e. The van der Waals surface area contributed by atoms with Crippen molar-refractivity contribution in [3.05, 3.63) is 24.0 Å². The highest BCUT2D eigenvalue weighted by atomic mass is 16.2. The van der Waals surface area contributed by atoms with Crippen LogP contribution in [0.4, 0.5) is 0 Å². The van der Waals surface area contributed by atoms with E-state index in [1.165, 1.54) is 0 Å². The van der Waals surface area contributed by atoms with E-state index in [4.69, 9.17) is 0 Å². The molecule has 0 bridgehead atoms. The van der Waals surface area contributed by atoms with Crippen molar-refractivity contribution in [2.45, 2.75) is 19.3 Å². The number of carbonyl (C=O) groups excluding carboxylic acids is 2. The highest BCUT2D eigenvalue weighted by molar-refractivity contribution is 5.94. The summed E-state index contributed by atoms with van der Waals surface area (Å²) in [5.41, 5.74) is 0.368. The molecule has 0 saturated carbocycles. The Morgan fingerprint density at radius 2 is 2.05 bits per heavy atom. The van der Waals surface area contributed by atoms with Crippen LogP contribution in [0.2, 0.25) is 0 Å². The number of amides is 2. The Labute approximate surface area is 119 Å². The van der Waals surface area contributed by atoms with Crippen LogP contribution >= 0.6 is 0 Å². The predicted octanol–water partition coefficient (Wildman–Crippen LogP) is 1.11. The summed E-state index contributed by atoms with van der Waals surface area (Å²) in [6, 6.07) is 3.71. The van der Waals surface area contributed by atoms with Gasteiger partial charge in [-0.2, -0.15) is 0 Å². The molecule has 1 aromatic heterocycles. The third-order valence-electron chi connectivity index (χ3n) is 4.75. The lowest BCUT2D eigenvalue weighted by atomic mass is 9.78. The number of rotatable bonds is 1. The second-order valence-corrected chi connectivity index (χ2v) is 6.09. The Balaban J connectivity index is 1.78. The molecular formula is C15H21N3O2. The van der Waals surface area contributed by atoms with E-state index in [9.17, 15) is 9.59 Å². The average Bonchev–Trinajstić information content (AvgIpc) is 3.03. The van der Waals surface area contributed by atoms with Crippen LogP contribution in [-0.4, -0.2) is 52.9 Å². The lowest BCUT2D eigenvalue weighted by Crippen LogP contribution is -2.48. The summed E-state index contributed by atoms with van der Waals surface area (Å²) in [7, 11) is 3.74. The zero-order chi connectivity index (χ0) is 14.3. The maximum atomic E-state index is 12.5. The van der Waals surface area contributed by atoms with Gasteiger partial charge in [-0.15, -0.1) is 0 Å². The standard InChI is InChI=1S/C15H21N3O2/c1-16-8-3-5-12(16)13(19)18-10-7-15(11-18)6-4-9-17(2)14(15)20/h3,5,8H,4,6-7,9-11H2,1-2H3. The van der Waals surface area contributed by atoms with E-state index < -0.39 is 0 Å². The van der Waals surface area contributed by atoms with Gasteiger partial charge in [0.15, 0.2) is 0 Å². The van der Waals surface area contributed by atoms with E-state index in [-0.39, 0.29) is 17.2 Å². The Kier molecular flexibility index (Phi) is 3.07. The van der Waals surface area contributed by atoms with Crippen LogP contribution in [0.25, 0.3) is 0 Å². The molecule has 1 spiro atoms. The van der Waals surface area contributed by atoms with E-state index in [1.54, 1.807) is 0 Å². The molecule has 2 amide bonds. The molecule has 0 aliphatic carbocycles. The molecule has 5 heteroatoms. The summed E-state index contributed by atoms with van der Waals surface area (Å²) in [4.78, 5) is 28.6. The van der Waals surface area contributed by atoms with Crippen molar-refractivity contribution in [1.29, 1.82) is 0 Å². The first-order valence-corrected chi connectivity index (χ1v) is 7.20. The zero-order valence-electron chi connectivity index (χ0n) is 12.1. The van der Waals surface area contributed by atoms with Crippen molar-refractivity contribution < 1.29 is 9.59 Å². The molecule has 0 aromatic carbocycles. The highest BCUT2D eigenvalue weighted by Crippen LogP contribution is 2.40. The van der Waals surface area contributed by atoms with Gasteiger partial charge in [0.05, 0.1) is 5.41 Å². The average molecular weight is 275 g/mol. The number of piperidine rings is 1. The molecule has 1 atom stereocenters. The normalized spacial score (nSPS) is 26.6. The molecule has 1 aromatic rings. The summed E-state index contributed by atoms with van der Waals surface area (Å²) in [5.74, 6) is 0.251. The van der Waals surface area contributed by atoms with Crippen molar-refractivity contribution in [3.8, 4) is 0 Å². The number of nitrogens with zero attached hydrogens (tertiary/aromatic N) is 3. The van der Waals surface area contributed by atoms with Gasteiger partial charge in [0, 0.05) is 39.9 Å². The summed E-state index contributed by atoms with van der Waals surface area (Å²) in [5, 5.41) is 0. The van der Waals surface area contributed by atoms with Gasteiger partial charge in [-0.25, -0.2) is 0 Å². The second kappa shape index (κ2) is 4.65. The molecule has 2 fully saturated rings. The van der Waals surface area contributed by atoms with Crippen LogP contribution in [0.3, 0.4) is 0 Å². The number of aromatic nitrogens is 1. The van der Waals surface area contributed by atoms with E-state index in [2.05, 4.69) is 0 Å². The highest BCUT2D eigenvalue weighted by Gasteiger charge is 2.48. The SMILES string of the molecule is CN1CCCC2(CCN(C(=O)c3cccn3C)C2)C1=O. The lowest BCUT2D eigenvalue weighted by molar-refractivity contribution is -0.143. The van der Waals surface area contributed by atoms with Crippen molar-refractivity contribution in [3.63, 3.8) is 0 Å². The molecular weight excluding hydrogens is 254 g/mol. The van der Waals surface area contributed by atoms with Crippen molar-refractivity contribution in [2.24, 2.45) is 12.5 Å². The molecule has 0 radical (unpaired) electrons. The van der Waals surface area contributed by atoms with Gasteiger partial charge in [-0.1, -0.05) is 0 Å². The largest absolute Gasteiger partial charge is 0.347 e. The summed E-state index contributed by atoms with van der Waals surface area (Å²) < 4.78 is 1.84. The topological polar surface area (TPSA) is 45.5 Å². The van der Waals surface area contributed by atoms with Crippen LogP contribution in [0.1, 0.15) is 29.8 Å². The Morgan fingerprint density at radius 3 is 2.75 bits per heavy atom. The third kappa shape index (κ3) is 1.92. The number of carbonyl (C=O) groups is 2. The predicted molar refractivity (Wildman–Crippen MR) is 75.2 cm³/mol. The maximum absolute atomic E-state index is 12.5. The quantitative estimate of drug-likeness (QED) is 0.770. The number of hydrogen-bond donors (Lipinski definition) is 0. The summed E-state index contributed by atoms with van der Waals surface area (Å²) in [6.45, 7) is 2.09. The molecule has 1 unspecified atom stereocenters. The van der Waals surface area contributed by atoms with Crippen molar-refractivity contribution >= 4 is 11.8 Å². The molecule has 2 saturated heterocycles. The summed E-state index contributed by atoms with van der Waals surface area (Å²) >= 11 is 0. The van der Waals surface area contributed by atoms with Gasteiger partial charge >= 0.3 is 0 Å². The van der Waals surface area contributed by atoms with Gasteiger partial charge in [-0.05, 0) is 31.4 Å². The van der Waals surface area contributed by atoms with E-state index in [0.29, 0.717) is 18.8 Å². The molecule has 2 aliphatic heterocycles. The first-order chi connectivity index (χ1) is 9.53. The number of aryl methyl sites for hydroxylation is 1. The van der Waals surface area contributed by atoms with Gasteiger partial charge < -0.3 is 14.4 Å². The minimum atomic E-state index is -0.326. The zero-order valence-corrected chi connectivity index (χ0v) is 12.1. The van der Waals surface area contributed by atoms with Gasteiger partial charge in [-0.3, -0.25) is 9.59 Å². The van der Waals surface area contributed by atoms with Gasteiger partial charge in [0.1, 0.15) is 5.69 Å². The first kappa shape index (κ1) is 13.2. The second-order valence-electron chi connectivity index (χ2n) is 6.09. The van der Waals surface area contributed by atoms with Gasteiger partial charge in [0.25, 0.3) is 5.91 Å². The van der Waals surface area contributed by atoms with Crippen LogP contribution in [0.5, 0.6) is 0 Å².